The summed E-state index contributed by atoms with van der Waals surface area (Å²) >= 11 is 1.99. The number of nitrogens with one attached hydrogen (secondary N) is 1. The second-order valence-electron chi connectivity index (χ2n) is 4.67. The minimum absolute atomic E-state index is 0.00518. The fourth-order valence-electron chi connectivity index (χ4n) is 1.13. The van der Waals surface area contributed by atoms with Gasteiger partial charge in [0.15, 0.2) is 0 Å². The molecule has 0 aliphatic heterocycles. The first-order chi connectivity index (χ1) is 7.85. The van der Waals surface area contributed by atoms with Crippen LogP contribution in [0.3, 0.4) is 0 Å². The Morgan fingerprint density at radius 1 is 1.47 bits per heavy atom. The van der Waals surface area contributed by atoms with Crippen LogP contribution in [0.15, 0.2) is 18.2 Å². The van der Waals surface area contributed by atoms with E-state index in [1.807, 2.05) is 36.4 Å². The maximum atomic E-state index is 11.8. The molecule has 0 aliphatic rings. The van der Waals surface area contributed by atoms with Gasteiger partial charge in [-0.2, -0.15) is 0 Å². The molecule has 0 atom stereocenters. The lowest BCUT2D eigenvalue weighted by molar-refractivity contribution is 0.0910. The van der Waals surface area contributed by atoms with Gasteiger partial charge in [0, 0.05) is 24.1 Å². The number of carbonyl (C=O) groups is 1. The van der Waals surface area contributed by atoms with E-state index in [0.29, 0.717) is 15.7 Å². The average molecular weight is 349 g/mol. The molecule has 0 saturated carbocycles. The van der Waals surface area contributed by atoms with Crippen LogP contribution in [0.25, 0.3) is 0 Å². The van der Waals surface area contributed by atoms with Gasteiger partial charge in [0.1, 0.15) is 5.75 Å². The van der Waals surface area contributed by atoms with E-state index in [2.05, 4.69) is 5.32 Å². The van der Waals surface area contributed by atoms with Crippen LogP contribution in [0.5, 0.6) is 5.75 Å². The summed E-state index contributed by atoms with van der Waals surface area (Å²) in [5.41, 5.74) is 0.0672. The monoisotopic (exact) mass is 349 g/mol. The van der Waals surface area contributed by atoms with Crippen molar-refractivity contribution in [2.24, 2.45) is 5.41 Å². The zero-order valence-electron chi connectivity index (χ0n) is 9.83. The van der Waals surface area contributed by atoms with Crippen molar-refractivity contribution >= 4 is 28.5 Å². The molecule has 0 saturated heterocycles. The van der Waals surface area contributed by atoms with Crippen molar-refractivity contribution < 1.29 is 15.0 Å². The van der Waals surface area contributed by atoms with E-state index in [9.17, 15) is 9.90 Å². The lowest BCUT2D eigenvalue weighted by atomic mass is 9.95. The minimum atomic E-state index is -0.346. The van der Waals surface area contributed by atoms with Crippen LogP contribution in [-0.4, -0.2) is 29.3 Å². The summed E-state index contributed by atoms with van der Waals surface area (Å²) in [6, 6.07) is 4.77. The number of aliphatic hydroxyl groups excluding tert-OH is 1. The molecule has 1 rings (SSSR count). The highest BCUT2D eigenvalue weighted by molar-refractivity contribution is 14.1. The van der Waals surface area contributed by atoms with Gasteiger partial charge in [-0.1, -0.05) is 13.8 Å². The molecule has 5 heteroatoms. The highest BCUT2D eigenvalue weighted by Crippen LogP contribution is 2.20. The van der Waals surface area contributed by atoms with Crippen molar-refractivity contribution in [2.45, 2.75) is 13.8 Å². The number of rotatable bonds is 4. The molecule has 0 bridgehead atoms. The number of aromatic hydroxyl groups is 1. The van der Waals surface area contributed by atoms with Crippen LogP contribution < -0.4 is 5.32 Å². The molecular formula is C12H16INO3. The highest BCUT2D eigenvalue weighted by atomic mass is 127. The second kappa shape index (κ2) is 5.68. The lowest BCUT2D eigenvalue weighted by Gasteiger charge is -2.21. The van der Waals surface area contributed by atoms with Crippen molar-refractivity contribution in [3.8, 4) is 5.75 Å². The molecule has 0 heterocycles. The summed E-state index contributed by atoms with van der Waals surface area (Å²) in [5, 5.41) is 21.3. The van der Waals surface area contributed by atoms with Crippen molar-refractivity contribution in [1.29, 1.82) is 0 Å². The Morgan fingerprint density at radius 3 is 2.65 bits per heavy atom. The Balaban J connectivity index is 2.68. The smallest absolute Gasteiger partial charge is 0.251 e. The molecule has 94 valence electrons. The Labute approximate surface area is 114 Å². The average Bonchev–Trinajstić information content (AvgIpc) is 2.30. The van der Waals surface area contributed by atoms with Gasteiger partial charge in [-0.15, -0.1) is 0 Å². The molecule has 0 aromatic heterocycles. The van der Waals surface area contributed by atoms with Gasteiger partial charge in [0.05, 0.1) is 3.57 Å². The topological polar surface area (TPSA) is 69.6 Å². The minimum Gasteiger partial charge on any atom is -0.507 e. The first kappa shape index (κ1) is 14.2. The SMILES string of the molecule is CC(C)(CO)CNC(=O)c1ccc(I)c(O)c1. The van der Waals surface area contributed by atoms with E-state index >= 15 is 0 Å². The summed E-state index contributed by atoms with van der Waals surface area (Å²) in [4.78, 5) is 11.8. The van der Waals surface area contributed by atoms with Crippen LogP contribution in [-0.2, 0) is 0 Å². The normalized spacial score (nSPS) is 11.3. The second-order valence-corrected chi connectivity index (χ2v) is 5.83. The molecule has 1 amide bonds. The summed E-state index contributed by atoms with van der Waals surface area (Å²) in [7, 11) is 0. The van der Waals surface area contributed by atoms with Crippen LogP contribution in [0.1, 0.15) is 24.2 Å². The Hall–Kier alpha value is -0.820. The summed E-state index contributed by atoms with van der Waals surface area (Å²) in [6.07, 6.45) is 0. The number of hydrogen-bond donors (Lipinski definition) is 3. The number of halogens is 1. The van der Waals surface area contributed by atoms with E-state index in [-0.39, 0.29) is 23.7 Å². The number of phenolic OH excluding ortho intramolecular Hbond substituents is 1. The quantitative estimate of drug-likeness (QED) is 0.726. The van der Waals surface area contributed by atoms with E-state index < -0.39 is 0 Å². The molecule has 17 heavy (non-hydrogen) atoms. The molecule has 4 nitrogen and oxygen atoms in total. The number of carbonyl (C=O) groups excluding carboxylic acids is 1. The van der Waals surface area contributed by atoms with Gasteiger partial charge in [-0.05, 0) is 40.8 Å². The standard InChI is InChI=1S/C12H16INO3/c1-12(2,7-15)6-14-11(17)8-3-4-9(13)10(16)5-8/h3-5,15-16H,6-7H2,1-2H3,(H,14,17). The zero-order valence-corrected chi connectivity index (χ0v) is 12.0. The zero-order chi connectivity index (χ0) is 13.1. The number of hydrogen-bond acceptors (Lipinski definition) is 3. The predicted octanol–water partition coefficient (Wildman–Crippen LogP) is 1.75. The molecule has 1 aromatic rings. The molecule has 0 radical (unpaired) electrons. The first-order valence-corrected chi connectivity index (χ1v) is 6.31. The third-order valence-corrected chi connectivity index (χ3v) is 3.28. The van der Waals surface area contributed by atoms with Crippen LogP contribution in [0.2, 0.25) is 0 Å². The van der Waals surface area contributed by atoms with Crippen molar-refractivity contribution in [2.75, 3.05) is 13.2 Å². The summed E-state index contributed by atoms with van der Waals surface area (Å²) in [5.74, 6) is -0.155. The van der Waals surface area contributed by atoms with Crippen LogP contribution >= 0.6 is 22.6 Å². The Bertz CT molecular complexity index is 418. The fourth-order valence-corrected chi connectivity index (χ4v) is 1.47. The van der Waals surface area contributed by atoms with Crippen molar-refractivity contribution in [3.05, 3.63) is 27.3 Å². The Kier molecular flexibility index (Phi) is 4.76. The lowest BCUT2D eigenvalue weighted by Crippen LogP contribution is -2.36. The molecular weight excluding hydrogens is 333 g/mol. The van der Waals surface area contributed by atoms with Gasteiger partial charge in [0.2, 0.25) is 0 Å². The fraction of sp³-hybridized carbons (Fsp3) is 0.417. The maximum absolute atomic E-state index is 11.8. The van der Waals surface area contributed by atoms with Gasteiger partial charge in [-0.3, -0.25) is 4.79 Å². The molecule has 0 unspecified atom stereocenters. The van der Waals surface area contributed by atoms with E-state index in [4.69, 9.17) is 5.11 Å². The third-order valence-electron chi connectivity index (χ3n) is 2.36. The van der Waals surface area contributed by atoms with Crippen molar-refractivity contribution in [3.63, 3.8) is 0 Å². The molecule has 0 spiro atoms. The highest BCUT2D eigenvalue weighted by Gasteiger charge is 2.18. The van der Waals surface area contributed by atoms with Crippen LogP contribution in [0, 0.1) is 8.99 Å². The summed E-state index contributed by atoms with van der Waals surface area (Å²) < 4.78 is 0.704. The van der Waals surface area contributed by atoms with Gasteiger partial charge < -0.3 is 15.5 Å². The molecule has 0 aliphatic carbocycles. The number of benzene rings is 1. The Morgan fingerprint density at radius 2 is 2.12 bits per heavy atom. The molecule has 0 fully saturated rings. The molecule has 3 N–H and O–H groups in total. The van der Waals surface area contributed by atoms with Gasteiger partial charge in [0.25, 0.3) is 5.91 Å². The van der Waals surface area contributed by atoms with E-state index in [1.54, 1.807) is 12.1 Å². The maximum Gasteiger partial charge on any atom is 0.251 e. The number of amides is 1. The van der Waals surface area contributed by atoms with E-state index in [0.717, 1.165) is 0 Å². The molecule has 1 aromatic carbocycles. The summed E-state index contributed by atoms with van der Waals surface area (Å²) in [6.45, 7) is 4.11. The predicted molar refractivity (Wildman–Crippen MR) is 74.0 cm³/mol. The number of phenols is 1. The first-order valence-electron chi connectivity index (χ1n) is 5.23. The van der Waals surface area contributed by atoms with Crippen LogP contribution in [0.4, 0.5) is 0 Å². The van der Waals surface area contributed by atoms with Gasteiger partial charge >= 0.3 is 0 Å². The van der Waals surface area contributed by atoms with E-state index in [1.165, 1.54) is 6.07 Å². The third kappa shape index (κ3) is 4.16. The van der Waals surface area contributed by atoms with Crippen molar-refractivity contribution in [1.82, 2.24) is 5.32 Å². The van der Waals surface area contributed by atoms with Gasteiger partial charge in [-0.25, -0.2) is 0 Å². The number of aliphatic hydroxyl groups is 1. The largest absolute Gasteiger partial charge is 0.507 e.